The van der Waals surface area contributed by atoms with E-state index in [1.807, 2.05) is 34.7 Å². The maximum absolute atomic E-state index is 12.7. The van der Waals surface area contributed by atoms with Crippen molar-refractivity contribution >= 4 is 12.6 Å². The van der Waals surface area contributed by atoms with Crippen molar-refractivity contribution in [2.45, 2.75) is 57.9 Å². The molecule has 0 spiro atoms. The number of hydrogen-bond donors (Lipinski definition) is 0. The summed E-state index contributed by atoms with van der Waals surface area (Å²) in [6.45, 7) is 7.97. The minimum absolute atomic E-state index is 0.446. The maximum Gasteiger partial charge on any atom is 0.498 e. The minimum atomic E-state index is -4.31. The molecule has 2 heterocycles. The summed E-state index contributed by atoms with van der Waals surface area (Å²) in [6, 6.07) is 5.28. The Balaban J connectivity index is 1.75. The van der Waals surface area contributed by atoms with Crippen LogP contribution >= 0.6 is 0 Å². The third-order valence-electron chi connectivity index (χ3n) is 5.53. The van der Waals surface area contributed by atoms with E-state index in [1.54, 1.807) is 10.9 Å². The molecule has 8 heteroatoms. The van der Waals surface area contributed by atoms with Crippen molar-refractivity contribution in [1.82, 2.24) is 9.78 Å². The van der Waals surface area contributed by atoms with E-state index in [-0.39, 0.29) is 0 Å². The first-order valence-corrected chi connectivity index (χ1v) is 8.93. The topological polar surface area (TPSA) is 36.3 Å². The zero-order chi connectivity index (χ0) is 20.0. The molecule has 0 radical (unpaired) electrons. The first kappa shape index (κ1) is 20.0. The number of halogens is 3. The Labute approximate surface area is 157 Å². The number of aromatic nitrogens is 2. The van der Waals surface area contributed by atoms with Crippen LogP contribution in [0.1, 0.15) is 44.5 Å². The fourth-order valence-corrected chi connectivity index (χ4v) is 3.08. The summed E-state index contributed by atoms with van der Waals surface area (Å²) in [6.07, 6.45) is -1.35. The minimum Gasteiger partial charge on any atom is -0.399 e. The first-order chi connectivity index (χ1) is 12.4. The number of hydrogen-bond acceptors (Lipinski definition) is 3. The zero-order valence-corrected chi connectivity index (χ0v) is 16.2. The molecule has 27 heavy (non-hydrogen) atoms. The predicted octanol–water partition coefficient (Wildman–Crippen LogP) is 3.52. The van der Waals surface area contributed by atoms with Gasteiger partial charge in [-0.15, -0.1) is 0 Å². The highest BCUT2D eigenvalue weighted by Crippen LogP contribution is 2.36. The van der Waals surface area contributed by atoms with E-state index in [1.165, 1.54) is 12.1 Å². The van der Waals surface area contributed by atoms with E-state index in [9.17, 15) is 13.2 Å². The summed E-state index contributed by atoms with van der Waals surface area (Å²) in [5, 5.41) is 4.32. The maximum atomic E-state index is 12.7. The predicted molar refractivity (Wildman–Crippen MR) is 97.8 cm³/mol. The number of aryl methyl sites for hydroxylation is 2. The van der Waals surface area contributed by atoms with Crippen molar-refractivity contribution in [2.75, 3.05) is 0 Å². The summed E-state index contributed by atoms with van der Waals surface area (Å²) in [5.74, 6) is 0. The number of nitrogens with zero attached hydrogens (tertiary/aromatic N) is 2. The van der Waals surface area contributed by atoms with Crippen LogP contribution in [0.3, 0.4) is 0 Å². The molecule has 4 nitrogen and oxygen atoms in total. The quantitative estimate of drug-likeness (QED) is 0.762. The van der Waals surface area contributed by atoms with Crippen molar-refractivity contribution in [3.05, 3.63) is 47.3 Å². The molecule has 1 aliphatic rings. The summed E-state index contributed by atoms with van der Waals surface area (Å²) in [5.41, 5.74) is 1.13. The summed E-state index contributed by atoms with van der Waals surface area (Å²) >= 11 is 0. The number of rotatable bonds is 4. The highest BCUT2D eigenvalue weighted by atomic mass is 19.4. The average Bonchev–Trinajstić information content (AvgIpc) is 3.01. The molecule has 1 saturated heterocycles. The van der Waals surface area contributed by atoms with Gasteiger partial charge in [0.15, 0.2) is 0 Å². The highest BCUT2D eigenvalue weighted by Gasteiger charge is 2.52. The Hall–Kier alpha value is -1.80. The average molecular weight is 380 g/mol. The molecular formula is C19H24BF3N2O2. The second-order valence-electron chi connectivity index (χ2n) is 7.95. The number of benzene rings is 1. The molecule has 0 aliphatic carbocycles. The van der Waals surface area contributed by atoms with Crippen molar-refractivity contribution in [3.8, 4) is 0 Å². The second-order valence-corrected chi connectivity index (χ2v) is 7.95. The van der Waals surface area contributed by atoms with Crippen LogP contribution in [0.25, 0.3) is 0 Å². The Morgan fingerprint density at radius 2 is 1.56 bits per heavy atom. The lowest BCUT2D eigenvalue weighted by Crippen LogP contribution is -2.41. The van der Waals surface area contributed by atoms with Crippen molar-refractivity contribution in [3.63, 3.8) is 0 Å². The van der Waals surface area contributed by atoms with Crippen LogP contribution in [0.4, 0.5) is 13.2 Å². The third kappa shape index (κ3) is 3.92. The van der Waals surface area contributed by atoms with Crippen LogP contribution in [0.15, 0.2) is 30.5 Å². The van der Waals surface area contributed by atoms with Gasteiger partial charge >= 0.3 is 13.3 Å². The van der Waals surface area contributed by atoms with Crippen molar-refractivity contribution in [1.29, 1.82) is 0 Å². The van der Waals surface area contributed by atoms with E-state index < -0.39 is 30.1 Å². The lowest BCUT2D eigenvalue weighted by atomic mass is 9.78. The second kappa shape index (κ2) is 6.67. The summed E-state index contributed by atoms with van der Waals surface area (Å²) in [4.78, 5) is 0. The van der Waals surface area contributed by atoms with Crippen LogP contribution in [0, 0.1) is 0 Å². The molecule has 0 amide bonds. The van der Waals surface area contributed by atoms with Gasteiger partial charge in [0, 0.05) is 24.4 Å². The zero-order valence-electron chi connectivity index (χ0n) is 16.2. The van der Waals surface area contributed by atoms with Crippen molar-refractivity contribution < 1.29 is 22.5 Å². The lowest BCUT2D eigenvalue weighted by Gasteiger charge is -2.32. The smallest absolute Gasteiger partial charge is 0.399 e. The first-order valence-electron chi connectivity index (χ1n) is 8.93. The molecule has 0 bridgehead atoms. The summed E-state index contributed by atoms with van der Waals surface area (Å²) in [7, 11) is 1.34. The van der Waals surface area contributed by atoms with Crippen LogP contribution < -0.4 is 5.46 Å². The molecule has 1 aromatic heterocycles. The molecule has 0 saturated carbocycles. The summed E-state index contributed by atoms with van der Waals surface area (Å²) < 4.78 is 52.1. The Kier molecular flexibility index (Phi) is 4.93. The molecule has 146 valence electrons. The monoisotopic (exact) mass is 380 g/mol. The van der Waals surface area contributed by atoms with E-state index in [0.717, 1.165) is 28.9 Å². The van der Waals surface area contributed by atoms with Crippen molar-refractivity contribution in [2.24, 2.45) is 7.05 Å². The normalized spacial score (nSPS) is 18.9. The molecule has 1 aliphatic heterocycles. The molecule has 3 rings (SSSR count). The van der Waals surface area contributed by atoms with Gasteiger partial charge in [-0.05, 0) is 58.2 Å². The van der Waals surface area contributed by atoms with Gasteiger partial charge in [0.25, 0.3) is 0 Å². The largest absolute Gasteiger partial charge is 0.498 e. The fourth-order valence-electron chi connectivity index (χ4n) is 3.08. The SMILES string of the molecule is Cn1ncc(B2OC(C)(C)C(C)(C)O2)c1CCc1ccc(C(F)(F)F)cc1. The Bertz CT molecular complexity index is 797. The third-order valence-corrected chi connectivity index (χ3v) is 5.53. The van der Waals surface area contributed by atoms with Gasteiger partial charge in [0.05, 0.1) is 16.8 Å². The molecule has 1 fully saturated rings. The van der Waals surface area contributed by atoms with E-state index >= 15 is 0 Å². The van der Waals surface area contributed by atoms with Gasteiger partial charge in [-0.25, -0.2) is 0 Å². The van der Waals surface area contributed by atoms with Gasteiger partial charge in [-0.3, -0.25) is 4.68 Å². The van der Waals surface area contributed by atoms with E-state index in [2.05, 4.69) is 5.10 Å². The van der Waals surface area contributed by atoms with Gasteiger partial charge in [0.2, 0.25) is 0 Å². The van der Waals surface area contributed by atoms with Gasteiger partial charge in [-0.1, -0.05) is 12.1 Å². The Morgan fingerprint density at radius 1 is 1.00 bits per heavy atom. The van der Waals surface area contributed by atoms with Gasteiger partial charge < -0.3 is 9.31 Å². The van der Waals surface area contributed by atoms with Crippen LogP contribution in [0.2, 0.25) is 0 Å². The van der Waals surface area contributed by atoms with Crippen LogP contribution in [0.5, 0.6) is 0 Å². The lowest BCUT2D eigenvalue weighted by molar-refractivity contribution is -0.137. The molecule has 0 unspecified atom stereocenters. The fraction of sp³-hybridized carbons (Fsp3) is 0.526. The highest BCUT2D eigenvalue weighted by molar-refractivity contribution is 6.62. The molecular weight excluding hydrogens is 356 g/mol. The van der Waals surface area contributed by atoms with Crippen LogP contribution in [-0.4, -0.2) is 28.1 Å². The molecule has 1 aromatic carbocycles. The molecule has 2 aromatic rings. The van der Waals surface area contributed by atoms with Gasteiger partial charge in [0.1, 0.15) is 0 Å². The standard InChI is InChI=1S/C19H24BF3N2O2/c1-17(2)18(3,4)27-20(26-17)15-12-24-25(5)16(15)11-8-13-6-9-14(10-7-13)19(21,22)23/h6-7,9-10,12H,8,11H2,1-5H3. The molecule has 0 N–H and O–H groups in total. The molecule has 0 atom stereocenters. The Morgan fingerprint density at radius 3 is 2.07 bits per heavy atom. The van der Waals surface area contributed by atoms with Crippen LogP contribution in [-0.2, 0) is 35.4 Å². The van der Waals surface area contributed by atoms with E-state index in [4.69, 9.17) is 9.31 Å². The van der Waals surface area contributed by atoms with E-state index in [0.29, 0.717) is 12.8 Å². The number of alkyl halides is 3. The van der Waals surface area contributed by atoms with Gasteiger partial charge in [-0.2, -0.15) is 18.3 Å².